The standard InChI is InChI=1S/C36H36Cl2FN3O4S/c1-25-11-17-31(18-12-25)42(47(45,46)32-19-15-29(39)16-20-32)24-35(43)41(23-27-13-14-28(37)22-33(27)38)34(21-26-7-3-2-4-8-26)36(44)40-30-9-5-6-10-30/h2-4,7-8,11-20,22,30,34H,5-6,9-10,21,23-24H2,1H3,(H,40,44). The second-order valence-electron chi connectivity index (χ2n) is 11.8. The molecule has 1 atom stereocenters. The van der Waals surface area contributed by atoms with Crippen molar-refractivity contribution in [3.05, 3.63) is 130 Å². The smallest absolute Gasteiger partial charge is 0.264 e. The number of hydrogen-bond acceptors (Lipinski definition) is 4. The summed E-state index contributed by atoms with van der Waals surface area (Å²) in [6, 6.07) is 24.4. The Morgan fingerprint density at radius 2 is 1.57 bits per heavy atom. The summed E-state index contributed by atoms with van der Waals surface area (Å²) in [5.74, 6) is -1.54. The molecule has 1 N–H and O–H groups in total. The molecule has 5 rings (SSSR count). The minimum atomic E-state index is -4.35. The van der Waals surface area contributed by atoms with Crippen molar-refractivity contribution in [2.75, 3.05) is 10.8 Å². The van der Waals surface area contributed by atoms with Gasteiger partial charge in [0.1, 0.15) is 18.4 Å². The SMILES string of the molecule is Cc1ccc(N(CC(=O)N(Cc2ccc(Cl)cc2Cl)C(Cc2ccccc2)C(=O)NC2CCCC2)S(=O)(=O)c2ccc(F)cc2)cc1. The van der Waals surface area contributed by atoms with E-state index in [1.165, 1.54) is 4.90 Å². The quantitative estimate of drug-likeness (QED) is 0.168. The topological polar surface area (TPSA) is 86.8 Å². The van der Waals surface area contributed by atoms with Gasteiger partial charge in [0.05, 0.1) is 10.6 Å². The van der Waals surface area contributed by atoms with Crippen LogP contribution in [0.4, 0.5) is 10.1 Å². The van der Waals surface area contributed by atoms with Crippen LogP contribution in [0.25, 0.3) is 0 Å². The molecule has 0 aliphatic heterocycles. The first-order valence-corrected chi connectivity index (χ1v) is 17.6. The highest BCUT2D eigenvalue weighted by molar-refractivity contribution is 7.92. The summed E-state index contributed by atoms with van der Waals surface area (Å²) in [5.41, 5.74) is 2.50. The van der Waals surface area contributed by atoms with Gasteiger partial charge in [-0.1, -0.05) is 90.1 Å². The lowest BCUT2D eigenvalue weighted by Gasteiger charge is -2.34. The molecule has 1 saturated carbocycles. The van der Waals surface area contributed by atoms with Crippen LogP contribution in [0.3, 0.4) is 0 Å². The summed E-state index contributed by atoms with van der Waals surface area (Å²) in [6.07, 6.45) is 3.88. The van der Waals surface area contributed by atoms with E-state index in [9.17, 15) is 22.4 Å². The van der Waals surface area contributed by atoms with Crippen molar-refractivity contribution >= 4 is 50.7 Å². The molecule has 0 aromatic heterocycles. The molecule has 2 amide bonds. The van der Waals surface area contributed by atoms with Crippen LogP contribution in [0.2, 0.25) is 10.0 Å². The van der Waals surface area contributed by atoms with E-state index in [1.807, 2.05) is 37.3 Å². The molecule has 0 heterocycles. The summed E-state index contributed by atoms with van der Waals surface area (Å²) in [6.45, 7) is 1.15. The van der Waals surface area contributed by atoms with Crippen LogP contribution in [-0.2, 0) is 32.6 Å². The third kappa shape index (κ3) is 8.71. The first-order valence-electron chi connectivity index (χ1n) is 15.4. The minimum Gasteiger partial charge on any atom is -0.352 e. The van der Waals surface area contributed by atoms with E-state index in [0.29, 0.717) is 15.6 Å². The molecular formula is C36H36Cl2FN3O4S. The lowest BCUT2D eigenvalue weighted by Crippen LogP contribution is -2.54. The Balaban J connectivity index is 1.58. The zero-order valence-electron chi connectivity index (χ0n) is 25.9. The van der Waals surface area contributed by atoms with Gasteiger partial charge in [-0.2, -0.15) is 0 Å². The van der Waals surface area contributed by atoms with E-state index in [2.05, 4.69) is 5.32 Å². The molecule has 4 aromatic rings. The van der Waals surface area contributed by atoms with E-state index in [-0.39, 0.29) is 35.5 Å². The van der Waals surface area contributed by atoms with Crippen LogP contribution in [0.5, 0.6) is 0 Å². The Morgan fingerprint density at radius 3 is 2.21 bits per heavy atom. The van der Waals surface area contributed by atoms with Gasteiger partial charge in [0, 0.05) is 29.1 Å². The second-order valence-corrected chi connectivity index (χ2v) is 14.5. The molecule has 47 heavy (non-hydrogen) atoms. The molecule has 11 heteroatoms. The van der Waals surface area contributed by atoms with Gasteiger partial charge >= 0.3 is 0 Å². The number of carbonyl (C=O) groups is 2. The molecule has 1 aliphatic rings. The van der Waals surface area contributed by atoms with E-state index < -0.39 is 34.3 Å². The van der Waals surface area contributed by atoms with Crippen LogP contribution in [0.15, 0.2) is 102 Å². The first kappa shape index (κ1) is 34.4. The van der Waals surface area contributed by atoms with Crippen LogP contribution in [0.1, 0.15) is 42.4 Å². The maximum absolute atomic E-state index is 14.6. The summed E-state index contributed by atoms with van der Waals surface area (Å²) in [5, 5.41) is 3.86. The Kier molecular flexibility index (Phi) is 11.2. The Hall–Kier alpha value is -3.92. The van der Waals surface area contributed by atoms with E-state index in [0.717, 1.165) is 65.4 Å². The number of carbonyl (C=O) groups excluding carboxylic acids is 2. The number of nitrogens with one attached hydrogen (secondary N) is 1. The average molecular weight is 697 g/mol. The first-order chi connectivity index (χ1) is 22.5. The van der Waals surface area contributed by atoms with Crippen molar-refractivity contribution in [2.45, 2.75) is 62.6 Å². The zero-order valence-corrected chi connectivity index (χ0v) is 28.2. The highest BCUT2D eigenvalue weighted by Crippen LogP contribution is 2.28. The molecule has 0 radical (unpaired) electrons. The molecule has 0 saturated heterocycles. The number of amides is 2. The fraction of sp³-hybridized carbons (Fsp3) is 0.278. The van der Waals surface area contributed by atoms with Crippen LogP contribution in [-0.4, -0.2) is 43.8 Å². The van der Waals surface area contributed by atoms with Gasteiger partial charge in [-0.3, -0.25) is 13.9 Å². The number of rotatable bonds is 12. The van der Waals surface area contributed by atoms with Gasteiger partial charge < -0.3 is 10.2 Å². The molecule has 7 nitrogen and oxygen atoms in total. The van der Waals surface area contributed by atoms with Crippen molar-refractivity contribution in [3.8, 4) is 0 Å². The van der Waals surface area contributed by atoms with Gasteiger partial charge in [-0.05, 0) is 79.4 Å². The predicted octanol–water partition coefficient (Wildman–Crippen LogP) is 7.34. The molecular weight excluding hydrogens is 660 g/mol. The van der Waals surface area contributed by atoms with Crippen molar-refractivity contribution < 1.29 is 22.4 Å². The zero-order chi connectivity index (χ0) is 33.6. The van der Waals surface area contributed by atoms with Crippen LogP contribution < -0.4 is 9.62 Å². The maximum atomic E-state index is 14.6. The van der Waals surface area contributed by atoms with E-state index >= 15 is 0 Å². The Morgan fingerprint density at radius 1 is 0.915 bits per heavy atom. The number of hydrogen-bond donors (Lipinski definition) is 1. The maximum Gasteiger partial charge on any atom is 0.264 e. The van der Waals surface area contributed by atoms with Gasteiger partial charge in [-0.25, -0.2) is 12.8 Å². The van der Waals surface area contributed by atoms with Crippen LogP contribution in [0, 0.1) is 12.7 Å². The highest BCUT2D eigenvalue weighted by atomic mass is 35.5. The fourth-order valence-corrected chi connectivity index (χ4v) is 7.61. The number of aryl methyl sites for hydroxylation is 1. The molecule has 0 bridgehead atoms. The monoisotopic (exact) mass is 695 g/mol. The summed E-state index contributed by atoms with van der Waals surface area (Å²) < 4.78 is 42.9. The number of benzene rings is 4. The molecule has 4 aromatic carbocycles. The largest absolute Gasteiger partial charge is 0.352 e. The number of halogens is 3. The summed E-state index contributed by atoms with van der Waals surface area (Å²) in [4.78, 5) is 29.9. The summed E-state index contributed by atoms with van der Waals surface area (Å²) in [7, 11) is -4.35. The Bertz CT molecular complexity index is 1800. The number of sulfonamides is 1. The van der Waals surface area contributed by atoms with Gasteiger partial charge in [0.2, 0.25) is 11.8 Å². The lowest BCUT2D eigenvalue weighted by atomic mass is 10.0. The molecule has 1 aliphatic carbocycles. The fourth-order valence-electron chi connectivity index (χ4n) is 5.73. The predicted molar refractivity (Wildman–Crippen MR) is 183 cm³/mol. The average Bonchev–Trinajstić information content (AvgIpc) is 3.56. The molecule has 1 unspecified atom stereocenters. The number of nitrogens with zero attached hydrogens (tertiary/aromatic N) is 2. The Labute approximate surface area is 285 Å². The van der Waals surface area contributed by atoms with Gasteiger partial charge in [0.25, 0.3) is 10.0 Å². The summed E-state index contributed by atoms with van der Waals surface area (Å²) >= 11 is 12.8. The van der Waals surface area contributed by atoms with Gasteiger partial charge in [-0.15, -0.1) is 0 Å². The van der Waals surface area contributed by atoms with Crippen molar-refractivity contribution in [1.29, 1.82) is 0 Å². The van der Waals surface area contributed by atoms with Crippen molar-refractivity contribution in [1.82, 2.24) is 10.2 Å². The van der Waals surface area contributed by atoms with E-state index in [1.54, 1.807) is 42.5 Å². The van der Waals surface area contributed by atoms with Crippen LogP contribution >= 0.6 is 23.2 Å². The second kappa shape index (κ2) is 15.3. The molecule has 0 spiro atoms. The van der Waals surface area contributed by atoms with E-state index in [4.69, 9.17) is 23.2 Å². The number of anilines is 1. The minimum absolute atomic E-state index is 0.0141. The molecule has 246 valence electrons. The van der Waals surface area contributed by atoms with Crippen molar-refractivity contribution in [2.24, 2.45) is 0 Å². The highest BCUT2D eigenvalue weighted by Gasteiger charge is 2.36. The lowest BCUT2D eigenvalue weighted by molar-refractivity contribution is -0.140. The van der Waals surface area contributed by atoms with Crippen molar-refractivity contribution in [3.63, 3.8) is 0 Å². The van der Waals surface area contributed by atoms with Gasteiger partial charge in [0.15, 0.2) is 0 Å². The normalized spacial score (nSPS) is 14.0. The molecule has 1 fully saturated rings. The third-order valence-corrected chi connectivity index (χ3v) is 10.7. The third-order valence-electron chi connectivity index (χ3n) is 8.33.